The fourth-order valence-electron chi connectivity index (χ4n) is 2.38. The number of benzene rings is 1. The highest BCUT2D eigenvalue weighted by molar-refractivity contribution is 5.67. The van der Waals surface area contributed by atoms with Crippen molar-refractivity contribution in [1.29, 1.82) is 0 Å². The Balaban J connectivity index is 1.88. The molecule has 0 saturated heterocycles. The van der Waals surface area contributed by atoms with Crippen LogP contribution in [0.25, 0.3) is 0 Å². The van der Waals surface area contributed by atoms with Crippen LogP contribution in [0.3, 0.4) is 0 Å². The smallest absolute Gasteiger partial charge is 0.242 e. The largest absolute Gasteiger partial charge is 0.476 e. The van der Waals surface area contributed by atoms with Crippen molar-refractivity contribution < 1.29 is 4.74 Å². The molecule has 5 nitrogen and oxygen atoms in total. The fourth-order valence-corrected chi connectivity index (χ4v) is 2.38. The summed E-state index contributed by atoms with van der Waals surface area (Å²) in [7, 11) is 0. The van der Waals surface area contributed by atoms with Crippen molar-refractivity contribution >= 4 is 11.5 Å². The summed E-state index contributed by atoms with van der Waals surface area (Å²) in [5, 5.41) is 3.39. The number of anilines is 2. The van der Waals surface area contributed by atoms with E-state index in [1.54, 1.807) is 0 Å². The molecule has 1 unspecified atom stereocenters. The molecular formula is C17H22N4O. The second-order valence-corrected chi connectivity index (χ2v) is 5.63. The minimum Gasteiger partial charge on any atom is -0.476 e. The summed E-state index contributed by atoms with van der Waals surface area (Å²) >= 11 is 0. The standard InChI is InChI=1S/C17H22N4O/c1-3-22-17-14(18)16(20-15(21-17)13-9-10-13)19-11(2)12-7-5-4-6-8-12/h4-8,11,13H,3,9-10,18H2,1-2H3,(H,19,20,21). The number of aromatic nitrogens is 2. The van der Waals surface area contributed by atoms with Gasteiger partial charge in [0.15, 0.2) is 5.82 Å². The van der Waals surface area contributed by atoms with Gasteiger partial charge in [0.1, 0.15) is 11.5 Å². The number of hydrogen-bond acceptors (Lipinski definition) is 5. The Morgan fingerprint density at radius 1 is 1.27 bits per heavy atom. The van der Waals surface area contributed by atoms with E-state index in [1.165, 1.54) is 5.56 Å². The summed E-state index contributed by atoms with van der Waals surface area (Å²) in [6.45, 7) is 4.56. The first-order valence-corrected chi connectivity index (χ1v) is 7.80. The quantitative estimate of drug-likeness (QED) is 0.853. The molecule has 3 N–H and O–H groups in total. The summed E-state index contributed by atoms with van der Waals surface area (Å²) in [6.07, 6.45) is 2.28. The first-order chi connectivity index (χ1) is 10.7. The molecule has 1 atom stereocenters. The SMILES string of the molecule is CCOc1nc(C2CC2)nc(NC(C)c2ccccc2)c1N. The highest BCUT2D eigenvalue weighted by atomic mass is 16.5. The molecule has 1 aliphatic rings. The highest BCUT2D eigenvalue weighted by Gasteiger charge is 2.29. The number of ether oxygens (including phenoxy) is 1. The van der Waals surface area contributed by atoms with E-state index >= 15 is 0 Å². The summed E-state index contributed by atoms with van der Waals surface area (Å²) in [5.41, 5.74) is 7.84. The van der Waals surface area contributed by atoms with Gasteiger partial charge in [0.25, 0.3) is 0 Å². The molecule has 22 heavy (non-hydrogen) atoms. The highest BCUT2D eigenvalue weighted by Crippen LogP contribution is 2.41. The average molecular weight is 298 g/mol. The van der Waals surface area contributed by atoms with Crippen molar-refractivity contribution in [2.75, 3.05) is 17.7 Å². The van der Waals surface area contributed by atoms with Gasteiger partial charge in [0, 0.05) is 5.92 Å². The molecule has 0 radical (unpaired) electrons. The van der Waals surface area contributed by atoms with Crippen molar-refractivity contribution in [2.24, 2.45) is 0 Å². The summed E-state index contributed by atoms with van der Waals surface area (Å²) in [6, 6.07) is 10.3. The van der Waals surface area contributed by atoms with Gasteiger partial charge in [-0.3, -0.25) is 0 Å². The van der Waals surface area contributed by atoms with Gasteiger partial charge in [-0.2, -0.15) is 4.98 Å². The first kappa shape index (κ1) is 14.6. The third kappa shape index (κ3) is 3.13. The maximum atomic E-state index is 6.17. The lowest BCUT2D eigenvalue weighted by atomic mass is 10.1. The number of rotatable bonds is 6. The maximum absolute atomic E-state index is 6.17. The van der Waals surface area contributed by atoms with Gasteiger partial charge in [-0.15, -0.1) is 0 Å². The predicted octanol–water partition coefficient (Wildman–Crippen LogP) is 3.51. The zero-order valence-corrected chi connectivity index (χ0v) is 13.0. The van der Waals surface area contributed by atoms with Crippen LogP contribution in [-0.4, -0.2) is 16.6 Å². The molecule has 1 heterocycles. The van der Waals surface area contributed by atoms with E-state index in [0.29, 0.717) is 29.9 Å². The van der Waals surface area contributed by atoms with Crippen molar-refractivity contribution in [3.63, 3.8) is 0 Å². The Labute approximate surface area is 130 Å². The predicted molar refractivity (Wildman–Crippen MR) is 88.1 cm³/mol. The Bertz CT molecular complexity index is 641. The Morgan fingerprint density at radius 2 is 2.00 bits per heavy atom. The molecule has 1 aromatic carbocycles. The lowest BCUT2D eigenvalue weighted by Gasteiger charge is -2.18. The van der Waals surface area contributed by atoms with E-state index in [4.69, 9.17) is 10.5 Å². The molecule has 0 amide bonds. The second-order valence-electron chi connectivity index (χ2n) is 5.63. The summed E-state index contributed by atoms with van der Waals surface area (Å²) in [4.78, 5) is 9.08. The van der Waals surface area contributed by atoms with Gasteiger partial charge in [-0.1, -0.05) is 30.3 Å². The first-order valence-electron chi connectivity index (χ1n) is 7.80. The molecular weight excluding hydrogens is 276 g/mol. The van der Waals surface area contributed by atoms with E-state index in [9.17, 15) is 0 Å². The van der Waals surface area contributed by atoms with Crippen LogP contribution in [0.5, 0.6) is 5.88 Å². The van der Waals surface area contributed by atoms with Gasteiger partial charge in [-0.05, 0) is 32.3 Å². The van der Waals surface area contributed by atoms with Gasteiger partial charge >= 0.3 is 0 Å². The number of nitrogens with zero attached hydrogens (tertiary/aromatic N) is 2. The van der Waals surface area contributed by atoms with Crippen LogP contribution in [0.15, 0.2) is 30.3 Å². The molecule has 1 aliphatic carbocycles. The van der Waals surface area contributed by atoms with E-state index in [-0.39, 0.29) is 6.04 Å². The van der Waals surface area contributed by atoms with E-state index in [1.807, 2.05) is 25.1 Å². The lowest BCUT2D eigenvalue weighted by Crippen LogP contribution is -2.13. The van der Waals surface area contributed by atoms with Crippen LogP contribution in [0.1, 0.15) is 50.0 Å². The monoisotopic (exact) mass is 298 g/mol. The van der Waals surface area contributed by atoms with Gasteiger partial charge in [0.2, 0.25) is 5.88 Å². The molecule has 1 aromatic heterocycles. The van der Waals surface area contributed by atoms with E-state index < -0.39 is 0 Å². The van der Waals surface area contributed by atoms with Crippen LogP contribution in [0.2, 0.25) is 0 Å². The topological polar surface area (TPSA) is 73.1 Å². The molecule has 3 rings (SSSR count). The molecule has 0 aliphatic heterocycles. The van der Waals surface area contributed by atoms with Crippen LogP contribution >= 0.6 is 0 Å². The zero-order valence-electron chi connectivity index (χ0n) is 13.0. The number of nitrogen functional groups attached to an aromatic ring is 1. The molecule has 2 aromatic rings. The Kier molecular flexibility index (Phi) is 4.13. The normalized spacial score (nSPS) is 15.4. The third-order valence-electron chi connectivity index (χ3n) is 3.80. The van der Waals surface area contributed by atoms with Crippen molar-refractivity contribution in [1.82, 2.24) is 9.97 Å². The molecule has 0 spiro atoms. The Hall–Kier alpha value is -2.30. The molecule has 116 valence electrons. The number of nitrogens with one attached hydrogen (secondary N) is 1. The molecule has 1 fully saturated rings. The zero-order chi connectivity index (χ0) is 15.5. The third-order valence-corrected chi connectivity index (χ3v) is 3.80. The molecule has 0 bridgehead atoms. The fraction of sp³-hybridized carbons (Fsp3) is 0.412. The van der Waals surface area contributed by atoms with E-state index in [2.05, 4.69) is 34.3 Å². The number of nitrogens with two attached hydrogens (primary N) is 1. The minimum absolute atomic E-state index is 0.111. The van der Waals surface area contributed by atoms with Crippen LogP contribution in [0, 0.1) is 0 Å². The van der Waals surface area contributed by atoms with Gasteiger partial charge in [0.05, 0.1) is 12.6 Å². The van der Waals surface area contributed by atoms with Gasteiger partial charge < -0.3 is 15.8 Å². The second kappa shape index (κ2) is 6.22. The number of hydrogen-bond donors (Lipinski definition) is 2. The van der Waals surface area contributed by atoms with Crippen LogP contribution in [-0.2, 0) is 0 Å². The van der Waals surface area contributed by atoms with Crippen LogP contribution in [0.4, 0.5) is 11.5 Å². The molecule has 1 saturated carbocycles. The molecule has 5 heteroatoms. The van der Waals surface area contributed by atoms with Crippen molar-refractivity contribution in [2.45, 2.75) is 38.6 Å². The summed E-state index contributed by atoms with van der Waals surface area (Å²) in [5.74, 6) is 2.44. The van der Waals surface area contributed by atoms with Crippen LogP contribution < -0.4 is 15.8 Å². The minimum atomic E-state index is 0.111. The Morgan fingerprint density at radius 3 is 2.64 bits per heavy atom. The average Bonchev–Trinajstić information content (AvgIpc) is 3.37. The van der Waals surface area contributed by atoms with E-state index in [0.717, 1.165) is 18.7 Å². The van der Waals surface area contributed by atoms with Gasteiger partial charge in [-0.25, -0.2) is 4.98 Å². The maximum Gasteiger partial charge on any atom is 0.242 e. The summed E-state index contributed by atoms with van der Waals surface area (Å²) < 4.78 is 5.57. The lowest BCUT2D eigenvalue weighted by molar-refractivity contribution is 0.327. The van der Waals surface area contributed by atoms with Crippen molar-refractivity contribution in [3.05, 3.63) is 41.7 Å². The van der Waals surface area contributed by atoms with Crippen molar-refractivity contribution in [3.8, 4) is 5.88 Å².